The number of benzene rings is 2. The summed E-state index contributed by atoms with van der Waals surface area (Å²) in [5.41, 5.74) is 3.19. The Morgan fingerprint density at radius 2 is 1.95 bits per heavy atom. The Labute approximate surface area is 126 Å². The molecule has 0 heterocycles. The van der Waals surface area contributed by atoms with Crippen LogP contribution in [0.15, 0.2) is 36.4 Å². The summed E-state index contributed by atoms with van der Waals surface area (Å²) in [6.07, 6.45) is 0.173. The second kappa shape index (κ2) is 6.85. The molecule has 21 heavy (non-hydrogen) atoms. The second-order valence-corrected chi connectivity index (χ2v) is 4.98. The molecular formula is C15H15ClF2N2O. The molecule has 112 valence electrons. The van der Waals surface area contributed by atoms with Crippen LogP contribution in [0.1, 0.15) is 17.2 Å². The van der Waals surface area contributed by atoms with E-state index in [1.165, 1.54) is 31.4 Å². The molecule has 0 radical (unpaired) electrons. The zero-order valence-corrected chi connectivity index (χ0v) is 12.1. The predicted octanol–water partition coefficient (Wildman–Crippen LogP) is 3.37. The first-order chi connectivity index (χ1) is 10.0. The summed E-state index contributed by atoms with van der Waals surface area (Å²) in [6, 6.07) is 8.09. The van der Waals surface area contributed by atoms with Crippen LogP contribution in [-0.2, 0) is 6.42 Å². The van der Waals surface area contributed by atoms with Crippen LogP contribution in [0, 0.1) is 11.6 Å². The van der Waals surface area contributed by atoms with Gasteiger partial charge in [-0.05, 0) is 36.2 Å². The van der Waals surface area contributed by atoms with Gasteiger partial charge in [0, 0.05) is 16.7 Å². The van der Waals surface area contributed by atoms with Crippen LogP contribution in [0.5, 0.6) is 5.75 Å². The number of hydrogen-bond acceptors (Lipinski definition) is 3. The highest BCUT2D eigenvalue weighted by Crippen LogP contribution is 2.26. The van der Waals surface area contributed by atoms with Crippen LogP contribution < -0.4 is 16.0 Å². The molecule has 1 atom stereocenters. The molecule has 0 saturated carbocycles. The van der Waals surface area contributed by atoms with Gasteiger partial charge >= 0.3 is 0 Å². The fourth-order valence-corrected chi connectivity index (χ4v) is 2.29. The van der Waals surface area contributed by atoms with Crippen LogP contribution in [-0.4, -0.2) is 7.11 Å². The Morgan fingerprint density at radius 1 is 1.19 bits per heavy atom. The van der Waals surface area contributed by atoms with Crippen LogP contribution in [0.3, 0.4) is 0 Å². The first-order valence-corrected chi connectivity index (χ1v) is 6.66. The largest absolute Gasteiger partial charge is 0.497 e. The van der Waals surface area contributed by atoms with Gasteiger partial charge in [-0.15, -0.1) is 0 Å². The smallest absolute Gasteiger partial charge is 0.131 e. The Morgan fingerprint density at radius 3 is 2.57 bits per heavy atom. The predicted molar refractivity (Wildman–Crippen MR) is 78.1 cm³/mol. The third-order valence-electron chi connectivity index (χ3n) is 3.22. The van der Waals surface area contributed by atoms with Crippen molar-refractivity contribution in [2.24, 2.45) is 5.84 Å². The molecule has 0 aliphatic carbocycles. The van der Waals surface area contributed by atoms with Crippen molar-refractivity contribution in [1.29, 1.82) is 0 Å². The third-order valence-corrected chi connectivity index (χ3v) is 3.45. The van der Waals surface area contributed by atoms with Gasteiger partial charge in [0.25, 0.3) is 0 Å². The number of halogens is 3. The molecular weight excluding hydrogens is 298 g/mol. The summed E-state index contributed by atoms with van der Waals surface area (Å²) in [7, 11) is 1.45. The summed E-state index contributed by atoms with van der Waals surface area (Å²) in [5.74, 6) is 5.00. The minimum Gasteiger partial charge on any atom is -0.497 e. The van der Waals surface area contributed by atoms with Crippen molar-refractivity contribution in [3.05, 3.63) is 64.2 Å². The van der Waals surface area contributed by atoms with E-state index in [9.17, 15) is 8.78 Å². The van der Waals surface area contributed by atoms with Crippen molar-refractivity contribution in [3.8, 4) is 5.75 Å². The average Bonchev–Trinajstić information content (AvgIpc) is 2.48. The monoisotopic (exact) mass is 312 g/mol. The number of nitrogens with two attached hydrogens (primary N) is 1. The minimum absolute atomic E-state index is 0.173. The first-order valence-electron chi connectivity index (χ1n) is 6.28. The highest BCUT2D eigenvalue weighted by molar-refractivity contribution is 6.30. The van der Waals surface area contributed by atoms with Crippen molar-refractivity contribution in [3.63, 3.8) is 0 Å². The van der Waals surface area contributed by atoms with E-state index in [1.807, 2.05) is 0 Å². The lowest BCUT2D eigenvalue weighted by molar-refractivity contribution is 0.409. The lowest BCUT2D eigenvalue weighted by Gasteiger charge is -2.18. The Kier molecular flexibility index (Phi) is 5.12. The third kappa shape index (κ3) is 3.69. The summed E-state index contributed by atoms with van der Waals surface area (Å²) < 4.78 is 32.8. The fourth-order valence-electron chi connectivity index (χ4n) is 2.10. The van der Waals surface area contributed by atoms with Crippen LogP contribution in [0.4, 0.5) is 8.78 Å². The van der Waals surface area contributed by atoms with Gasteiger partial charge in [0.05, 0.1) is 13.2 Å². The number of hydrogen-bond donors (Lipinski definition) is 2. The molecule has 0 aliphatic heterocycles. The van der Waals surface area contributed by atoms with Crippen molar-refractivity contribution in [1.82, 2.24) is 5.43 Å². The molecule has 0 fully saturated rings. The lowest BCUT2D eigenvalue weighted by atomic mass is 9.98. The molecule has 2 aromatic rings. The molecule has 1 unspecified atom stereocenters. The van der Waals surface area contributed by atoms with Gasteiger partial charge in [0.2, 0.25) is 0 Å². The fraction of sp³-hybridized carbons (Fsp3) is 0.200. The quantitative estimate of drug-likeness (QED) is 0.657. The molecule has 0 aliphatic rings. The maximum atomic E-state index is 14.1. The summed E-state index contributed by atoms with van der Waals surface area (Å²) >= 11 is 5.85. The minimum atomic E-state index is -0.580. The Bertz CT molecular complexity index is 637. The average molecular weight is 313 g/mol. The maximum absolute atomic E-state index is 14.1. The number of rotatable bonds is 5. The molecule has 2 rings (SSSR count). The van der Waals surface area contributed by atoms with Crippen LogP contribution in [0.25, 0.3) is 0 Å². The molecule has 3 nitrogen and oxygen atoms in total. The number of methoxy groups -OCH3 is 1. The summed E-state index contributed by atoms with van der Waals surface area (Å²) in [6.45, 7) is 0. The van der Waals surface area contributed by atoms with E-state index in [2.05, 4.69) is 5.43 Å². The van der Waals surface area contributed by atoms with Gasteiger partial charge in [-0.2, -0.15) is 0 Å². The lowest BCUT2D eigenvalue weighted by Crippen LogP contribution is -2.30. The number of hydrazine groups is 1. The molecule has 2 aromatic carbocycles. The van der Waals surface area contributed by atoms with Gasteiger partial charge in [-0.25, -0.2) is 8.78 Å². The van der Waals surface area contributed by atoms with Gasteiger partial charge in [0.1, 0.15) is 17.4 Å². The molecule has 0 amide bonds. The molecule has 0 spiro atoms. The van der Waals surface area contributed by atoms with Crippen molar-refractivity contribution < 1.29 is 13.5 Å². The SMILES string of the molecule is COc1ccc(C(Cc2cc(Cl)ccc2F)NN)c(F)c1. The normalized spacial score (nSPS) is 12.2. The molecule has 0 bridgehead atoms. The first kappa shape index (κ1) is 15.7. The van der Waals surface area contributed by atoms with Crippen molar-refractivity contribution >= 4 is 11.6 Å². The van der Waals surface area contributed by atoms with Gasteiger partial charge in [-0.1, -0.05) is 17.7 Å². The highest BCUT2D eigenvalue weighted by Gasteiger charge is 2.17. The van der Waals surface area contributed by atoms with Crippen molar-refractivity contribution in [2.75, 3.05) is 7.11 Å². The molecule has 3 N–H and O–H groups in total. The van der Waals surface area contributed by atoms with E-state index in [1.54, 1.807) is 12.1 Å². The van der Waals surface area contributed by atoms with Crippen LogP contribution >= 0.6 is 11.6 Å². The zero-order chi connectivity index (χ0) is 15.4. The van der Waals surface area contributed by atoms with E-state index in [0.717, 1.165) is 0 Å². The van der Waals surface area contributed by atoms with Gasteiger partial charge in [0.15, 0.2) is 0 Å². The topological polar surface area (TPSA) is 47.3 Å². The number of nitrogens with one attached hydrogen (secondary N) is 1. The van der Waals surface area contributed by atoms with E-state index in [4.69, 9.17) is 22.2 Å². The number of ether oxygens (including phenoxy) is 1. The summed E-state index contributed by atoms with van der Waals surface area (Å²) in [5, 5.41) is 0.414. The zero-order valence-electron chi connectivity index (χ0n) is 11.4. The maximum Gasteiger partial charge on any atom is 0.131 e. The van der Waals surface area contributed by atoms with Gasteiger partial charge < -0.3 is 4.74 Å². The van der Waals surface area contributed by atoms with Crippen molar-refractivity contribution in [2.45, 2.75) is 12.5 Å². The standard InChI is InChI=1S/C15H15ClF2N2O/c1-21-11-3-4-12(14(18)8-11)15(20-19)7-9-6-10(16)2-5-13(9)17/h2-6,8,15,20H,7,19H2,1H3. The molecule has 0 saturated heterocycles. The second-order valence-electron chi connectivity index (χ2n) is 4.55. The van der Waals surface area contributed by atoms with E-state index in [0.29, 0.717) is 21.9 Å². The highest BCUT2D eigenvalue weighted by atomic mass is 35.5. The van der Waals surface area contributed by atoms with Gasteiger partial charge in [-0.3, -0.25) is 11.3 Å². The molecule has 0 aromatic heterocycles. The van der Waals surface area contributed by atoms with Crippen LogP contribution in [0.2, 0.25) is 5.02 Å². The molecule has 6 heteroatoms. The summed E-state index contributed by atoms with van der Waals surface area (Å²) in [4.78, 5) is 0. The Hall–Kier alpha value is -1.69. The Balaban J connectivity index is 2.29. The van der Waals surface area contributed by atoms with E-state index >= 15 is 0 Å². The van der Waals surface area contributed by atoms with E-state index in [-0.39, 0.29) is 6.42 Å². The van der Waals surface area contributed by atoms with E-state index < -0.39 is 17.7 Å².